The van der Waals surface area contributed by atoms with Gasteiger partial charge in [0, 0.05) is 12.8 Å². The van der Waals surface area contributed by atoms with Crippen molar-refractivity contribution < 1.29 is 31.1 Å². The summed E-state index contributed by atoms with van der Waals surface area (Å²) in [4.78, 5) is 10.7. The average Bonchev–Trinajstić information content (AvgIpc) is 2.66. The molecule has 10 heteroatoms. The van der Waals surface area contributed by atoms with Gasteiger partial charge in [0.05, 0.1) is 5.56 Å². The molecule has 1 heterocycles. The Morgan fingerprint density at radius 2 is 1.80 bits per heavy atom. The highest BCUT2D eigenvalue weighted by molar-refractivity contribution is 5.73. The number of alkyl halides is 6. The van der Waals surface area contributed by atoms with E-state index in [1.807, 2.05) is 0 Å². The molecule has 0 saturated carbocycles. The minimum Gasteiger partial charge on any atom is -0.368 e. The zero-order valence-electron chi connectivity index (χ0n) is 9.85. The van der Waals surface area contributed by atoms with Gasteiger partial charge in [0.25, 0.3) is 18.3 Å². The van der Waals surface area contributed by atoms with Gasteiger partial charge in [0.2, 0.25) is 5.91 Å². The van der Waals surface area contributed by atoms with Gasteiger partial charge in [-0.1, -0.05) is 0 Å². The highest BCUT2D eigenvalue weighted by Crippen LogP contribution is 2.52. The van der Waals surface area contributed by atoms with Crippen LogP contribution in [0.2, 0.25) is 0 Å². The quantitative estimate of drug-likeness (QED) is 0.871. The van der Waals surface area contributed by atoms with Crippen LogP contribution in [-0.2, 0) is 23.2 Å². The predicted molar refractivity (Wildman–Crippen MR) is 53.4 cm³/mol. The van der Waals surface area contributed by atoms with E-state index in [2.05, 4.69) is 5.10 Å². The molecule has 1 aromatic rings. The van der Waals surface area contributed by atoms with Crippen molar-refractivity contribution in [2.45, 2.75) is 37.7 Å². The van der Waals surface area contributed by atoms with Gasteiger partial charge >= 0.3 is 0 Å². The topological polar surface area (TPSA) is 60.9 Å². The third kappa shape index (κ3) is 2.22. The fourth-order valence-electron chi connectivity index (χ4n) is 2.18. The Kier molecular flexibility index (Phi) is 3.22. The number of carbonyl (C=O) groups excluding carboxylic acids is 1. The van der Waals surface area contributed by atoms with Gasteiger partial charge in [-0.3, -0.25) is 9.48 Å². The van der Waals surface area contributed by atoms with Crippen LogP contribution >= 0.6 is 0 Å². The van der Waals surface area contributed by atoms with Crippen molar-refractivity contribution in [1.29, 1.82) is 0 Å². The first-order valence-corrected chi connectivity index (χ1v) is 5.50. The summed E-state index contributed by atoms with van der Waals surface area (Å²) < 4.78 is 80.4. The van der Waals surface area contributed by atoms with E-state index in [0.717, 1.165) is 0 Å². The zero-order chi connectivity index (χ0) is 15.3. The molecule has 0 unspecified atom stereocenters. The molecule has 1 aliphatic carbocycles. The minimum atomic E-state index is -3.85. The fraction of sp³-hybridized carbons (Fsp3) is 0.600. The lowest BCUT2D eigenvalue weighted by Gasteiger charge is -2.29. The summed E-state index contributed by atoms with van der Waals surface area (Å²) in [7, 11) is 0. The van der Waals surface area contributed by atoms with Crippen LogP contribution in [-0.4, -0.2) is 15.7 Å². The first kappa shape index (κ1) is 14.7. The lowest BCUT2D eigenvalue weighted by Crippen LogP contribution is -2.34. The van der Waals surface area contributed by atoms with E-state index in [9.17, 15) is 31.1 Å². The first-order chi connectivity index (χ1) is 9.06. The molecule has 0 aromatic carbocycles. The molecule has 20 heavy (non-hydrogen) atoms. The Labute approximate surface area is 108 Å². The number of hydrogen-bond acceptors (Lipinski definition) is 2. The molecule has 0 aliphatic heterocycles. The normalized spacial score (nSPS) is 19.9. The van der Waals surface area contributed by atoms with Crippen LogP contribution in [0.5, 0.6) is 0 Å². The number of halogens is 6. The second-order valence-electron chi connectivity index (χ2n) is 4.44. The summed E-state index contributed by atoms with van der Waals surface area (Å²) in [6.07, 6.45) is -5.95. The Morgan fingerprint density at radius 3 is 2.30 bits per heavy atom. The summed E-state index contributed by atoms with van der Waals surface area (Å²) in [5, 5.41) is 3.03. The van der Waals surface area contributed by atoms with E-state index in [-0.39, 0.29) is 4.68 Å². The second kappa shape index (κ2) is 4.38. The van der Waals surface area contributed by atoms with E-state index in [1.165, 1.54) is 0 Å². The van der Waals surface area contributed by atoms with Crippen molar-refractivity contribution in [1.82, 2.24) is 9.78 Å². The highest BCUT2D eigenvalue weighted by Gasteiger charge is 2.54. The number of amides is 1. The van der Waals surface area contributed by atoms with Crippen molar-refractivity contribution in [3.63, 3.8) is 0 Å². The molecule has 0 bridgehead atoms. The Bertz CT molecular complexity index is 553. The van der Waals surface area contributed by atoms with Crippen LogP contribution < -0.4 is 5.73 Å². The second-order valence-corrected chi connectivity index (χ2v) is 4.44. The zero-order valence-corrected chi connectivity index (χ0v) is 9.85. The maximum absolute atomic E-state index is 13.7. The molecular weight excluding hydrogens is 292 g/mol. The molecule has 0 spiro atoms. The van der Waals surface area contributed by atoms with E-state index in [4.69, 9.17) is 5.73 Å². The monoisotopic (exact) mass is 301 g/mol. The van der Waals surface area contributed by atoms with Gasteiger partial charge in [0.15, 0.2) is 0 Å². The van der Waals surface area contributed by atoms with E-state index in [1.54, 1.807) is 0 Å². The molecular formula is C10H9F6N3O. The van der Waals surface area contributed by atoms with Gasteiger partial charge in [-0.25, -0.2) is 17.6 Å². The lowest BCUT2D eigenvalue weighted by molar-refractivity contribution is -0.119. The first-order valence-electron chi connectivity index (χ1n) is 5.50. The van der Waals surface area contributed by atoms with Crippen LogP contribution in [0, 0.1) is 0 Å². The number of fused-ring (bicyclic) bond motifs is 1. The van der Waals surface area contributed by atoms with Gasteiger partial charge < -0.3 is 5.73 Å². The maximum Gasteiger partial charge on any atom is 0.290 e. The van der Waals surface area contributed by atoms with Crippen LogP contribution in [0.25, 0.3) is 0 Å². The van der Waals surface area contributed by atoms with Crippen LogP contribution in [0.1, 0.15) is 36.2 Å². The third-order valence-corrected chi connectivity index (χ3v) is 2.96. The number of aromatic nitrogens is 2. The van der Waals surface area contributed by atoms with Crippen LogP contribution in [0.4, 0.5) is 26.3 Å². The molecule has 1 aromatic heterocycles. The molecule has 4 nitrogen and oxygen atoms in total. The summed E-state index contributed by atoms with van der Waals surface area (Å²) in [6.45, 7) is -0.972. The standard InChI is InChI=1S/C10H9F6N3O/c11-8(12)6-5-7(19(18-6)3-4(17)20)10(15,16)2-1-9(5,13)14/h8H,1-3H2,(H2,17,20). The van der Waals surface area contributed by atoms with Gasteiger partial charge in [-0.15, -0.1) is 0 Å². The summed E-state index contributed by atoms with van der Waals surface area (Å²) in [5.74, 6) is -8.77. The Balaban J connectivity index is 2.72. The van der Waals surface area contributed by atoms with E-state index in [0.29, 0.717) is 0 Å². The molecule has 0 saturated heterocycles. The van der Waals surface area contributed by atoms with E-state index < -0.39 is 60.5 Å². The van der Waals surface area contributed by atoms with Crippen LogP contribution in [0.15, 0.2) is 0 Å². The SMILES string of the molecule is NC(=O)Cn1nc(C(F)F)c2c1C(F)(F)CCC2(F)F. The van der Waals surface area contributed by atoms with Crippen molar-refractivity contribution in [3.8, 4) is 0 Å². The lowest BCUT2D eigenvalue weighted by atomic mass is 9.89. The molecule has 1 amide bonds. The van der Waals surface area contributed by atoms with Crippen molar-refractivity contribution in [2.24, 2.45) is 5.73 Å². The fourth-order valence-corrected chi connectivity index (χ4v) is 2.18. The molecule has 112 valence electrons. The summed E-state index contributed by atoms with van der Waals surface area (Å²) in [6, 6.07) is 0. The molecule has 1 aliphatic rings. The third-order valence-electron chi connectivity index (χ3n) is 2.96. The highest BCUT2D eigenvalue weighted by atomic mass is 19.3. The molecule has 0 radical (unpaired) electrons. The van der Waals surface area contributed by atoms with Gasteiger partial charge in [0.1, 0.15) is 17.9 Å². The van der Waals surface area contributed by atoms with E-state index >= 15 is 0 Å². The largest absolute Gasteiger partial charge is 0.368 e. The number of carbonyl (C=O) groups is 1. The predicted octanol–water partition coefficient (Wildman–Crippen LogP) is 2.28. The number of rotatable bonds is 3. The number of hydrogen-bond donors (Lipinski definition) is 1. The van der Waals surface area contributed by atoms with Crippen molar-refractivity contribution >= 4 is 5.91 Å². The molecule has 0 fully saturated rings. The summed E-state index contributed by atoms with van der Waals surface area (Å²) >= 11 is 0. The molecule has 0 atom stereocenters. The average molecular weight is 301 g/mol. The maximum atomic E-state index is 13.7. The van der Waals surface area contributed by atoms with Crippen molar-refractivity contribution in [3.05, 3.63) is 17.0 Å². The number of nitrogens with two attached hydrogens (primary N) is 1. The van der Waals surface area contributed by atoms with Crippen LogP contribution in [0.3, 0.4) is 0 Å². The Morgan fingerprint density at radius 1 is 1.25 bits per heavy atom. The van der Waals surface area contributed by atoms with Gasteiger partial charge in [-0.05, 0) is 0 Å². The minimum absolute atomic E-state index is 0.145. The van der Waals surface area contributed by atoms with Crippen molar-refractivity contribution in [2.75, 3.05) is 0 Å². The van der Waals surface area contributed by atoms with Gasteiger partial charge in [-0.2, -0.15) is 13.9 Å². The molecule has 2 rings (SSSR count). The summed E-state index contributed by atoms with van der Waals surface area (Å²) in [5.41, 5.74) is 0.486. The molecule has 2 N–H and O–H groups in total. The Hall–Kier alpha value is -1.74. The smallest absolute Gasteiger partial charge is 0.290 e. The number of nitrogens with zero attached hydrogens (tertiary/aromatic N) is 2. The number of primary amides is 1.